The predicted molar refractivity (Wildman–Crippen MR) is 119 cm³/mol. The molecule has 2 amide bonds. The molecule has 156 valence electrons. The molecule has 2 rings (SSSR count). The highest BCUT2D eigenvalue weighted by molar-refractivity contribution is 6.42. The molecule has 0 spiro atoms. The summed E-state index contributed by atoms with van der Waals surface area (Å²) < 4.78 is 0. The Kier molecular flexibility index (Phi) is 7.73. The number of carbonyl (C=O) groups is 2. The van der Waals surface area contributed by atoms with Crippen LogP contribution in [0.1, 0.15) is 44.4 Å². The van der Waals surface area contributed by atoms with E-state index in [1.54, 1.807) is 30.0 Å². The van der Waals surface area contributed by atoms with Crippen molar-refractivity contribution in [3.63, 3.8) is 0 Å². The van der Waals surface area contributed by atoms with Crippen LogP contribution in [0.15, 0.2) is 42.5 Å². The molecule has 0 aliphatic rings. The van der Waals surface area contributed by atoms with Crippen LogP contribution in [0, 0.1) is 6.92 Å². The number of aryl methyl sites for hydroxylation is 1. The first kappa shape index (κ1) is 23.2. The van der Waals surface area contributed by atoms with Gasteiger partial charge >= 0.3 is 0 Å². The van der Waals surface area contributed by atoms with Crippen LogP contribution in [0.4, 0.5) is 0 Å². The maximum Gasteiger partial charge on any atom is 0.242 e. The molecule has 1 N–H and O–H groups in total. The standard InChI is InChI=1S/C23H28Cl2N2O2/c1-15-8-6-7-9-18(15)14-27(16(2)22(29)26-23(3,4)5)21(28)13-17-10-11-19(24)20(25)12-17/h6-12,16H,13-14H2,1-5H3,(H,26,29). The summed E-state index contributed by atoms with van der Waals surface area (Å²) in [6, 6.07) is 12.4. The summed E-state index contributed by atoms with van der Waals surface area (Å²) in [5.74, 6) is -0.336. The summed E-state index contributed by atoms with van der Waals surface area (Å²) in [5, 5.41) is 3.81. The molecule has 0 bridgehead atoms. The van der Waals surface area contributed by atoms with Gasteiger partial charge in [-0.25, -0.2) is 0 Å². The normalized spacial score (nSPS) is 12.4. The number of nitrogens with zero attached hydrogens (tertiary/aromatic N) is 1. The number of halogens is 2. The van der Waals surface area contributed by atoms with Crippen LogP contribution in [-0.4, -0.2) is 28.3 Å². The van der Waals surface area contributed by atoms with Crippen molar-refractivity contribution in [2.24, 2.45) is 0 Å². The maximum atomic E-state index is 13.2. The quantitative estimate of drug-likeness (QED) is 0.680. The molecule has 0 heterocycles. The summed E-state index contributed by atoms with van der Waals surface area (Å²) in [5.41, 5.74) is 2.45. The number of hydrogen-bond acceptors (Lipinski definition) is 2. The highest BCUT2D eigenvalue weighted by Crippen LogP contribution is 2.23. The van der Waals surface area contributed by atoms with Crippen molar-refractivity contribution in [3.05, 3.63) is 69.2 Å². The van der Waals surface area contributed by atoms with E-state index in [2.05, 4.69) is 5.32 Å². The van der Waals surface area contributed by atoms with E-state index in [9.17, 15) is 9.59 Å². The lowest BCUT2D eigenvalue weighted by atomic mass is 10.0. The highest BCUT2D eigenvalue weighted by atomic mass is 35.5. The highest BCUT2D eigenvalue weighted by Gasteiger charge is 2.28. The van der Waals surface area contributed by atoms with Crippen LogP contribution in [0.25, 0.3) is 0 Å². The Balaban J connectivity index is 2.29. The Hall–Kier alpha value is -2.04. The molecule has 0 aliphatic heterocycles. The van der Waals surface area contributed by atoms with Gasteiger partial charge in [0.1, 0.15) is 6.04 Å². The molecule has 29 heavy (non-hydrogen) atoms. The van der Waals surface area contributed by atoms with Crippen molar-refractivity contribution in [2.75, 3.05) is 0 Å². The molecule has 2 aromatic rings. The zero-order valence-corrected chi connectivity index (χ0v) is 19.1. The fraction of sp³-hybridized carbons (Fsp3) is 0.391. The predicted octanol–water partition coefficient (Wildman–Crippen LogP) is 5.18. The monoisotopic (exact) mass is 434 g/mol. The van der Waals surface area contributed by atoms with Crippen LogP contribution >= 0.6 is 23.2 Å². The molecule has 0 fully saturated rings. The zero-order chi connectivity index (χ0) is 21.8. The van der Waals surface area contributed by atoms with E-state index in [0.29, 0.717) is 16.6 Å². The minimum absolute atomic E-state index is 0.135. The number of carbonyl (C=O) groups excluding carboxylic acids is 2. The van der Waals surface area contributed by atoms with Gasteiger partial charge in [0.25, 0.3) is 0 Å². The summed E-state index contributed by atoms with van der Waals surface area (Å²) in [4.78, 5) is 27.6. The summed E-state index contributed by atoms with van der Waals surface area (Å²) >= 11 is 12.1. The van der Waals surface area contributed by atoms with E-state index in [1.807, 2.05) is 52.0 Å². The summed E-state index contributed by atoms with van der Waals surface area (Å²) in [7, 11) is 0. The molecule has 2 aromatic carbocycles. The molecule has 0 aliphatic carbocycles. The minimum Gasteiger partial charge on any atom is -0.350 e. The molecule has 1 unspecified atom stereocenters. The molecule has 6 heteroatoms. The van der Waals surface area contributed by atoms with Crippen LogP contribution in [0.3, 0.4) is 0 Å². The average Bonchev–Trinajstić information content (AvgIpc) is 2.62. The molecule has 0 aromatic heterocycles. The third kappa shape index (κ3) is 6.76. The van der Waals surface area contributed by atoms with Gasteiger partial charge < -0.3 is 10.2 Å². The summed E-state index contributed by atoms with van der Waals surface area (Å²) in [6.07, 6.45) is 0.135. The van der Waals surface area contributed by atoms with Crippen molar-refractivity contribution in [1.82, 2.24) is 10.2 Å². The lowest BCUT2D eigenvalue weighted by Crippen LogP contribution is -2.52. The minimum atomic E-state index is -0.621. The van der Waals surface area contributed by atoms with Crippen molar-refractivity contribution in [3.8, 4) is 0 Å². The van der Waals surface area contributed by atoms with Gasteiger partial charge in [0.2, 0.25) is 11.8 Å². The Bertz CT molecular complexity index is 891. The molecule has 0 radical (unpaired) electrons. The Labute approximate surface area is 183 Å². The molecule has 0 saturated carbocycles. The molecule has 1 atom stereocenters. The van der Waals surface area contributed by atoms with Crippen LogP contribution in [0.5, 0.6) is 0 Å². The number of hydrogen-bond donors (Lipinski definition) is 1. The van der Waals surface area contributed by atoms with Gasteiger partial charge in [0.05, 0.1) is 16.5 Å². The second kappa shape index (κ2) is 9.64. The molecular weight excluding hydrogens is 407 g/mol. The van der Waals surface area contributed by atoms with Gasteiger partial charge in [0, 0.05) is 12.1 Å². The second-order valence-corrected chi connectivity index (χ2v) is 9.10. The first-order valence-electron chi connectivity index (χ1n) is 9.58. The third-order valence-electron chi connectivity index (χ3n) is 4.61. The number of rotatable bonds is 6. The summed E-state index contributed by atoms with van der Waals surface area (Å²) in [6.45, 7) is 9.86. The van der Waals surface area contributed by atoms with Crippen LogP contribution < -0.4 is 5.32 Å². The Morgan fingerprint density at radius 2 is 1.72 bits per heavy atom. The first-order valence-corrected chi connectivity index (χ1v) is 10.3. The molecule has 0 saturated heterocycles. The lowest BCUT2D eigenvalue weighted by Gasteiger charge is -2.32. The van der Waals surface area contributed by atoms with E-state index in [0.717, 1.165) is 16.7 Å². The van der Waals surface area contributed by atoms with Gasteiger partial charge in [-0.2, -0.15) is 0 Å². The lowest BCUT2D eigenvalue weighted by molar-refractivity contribution is -0.140. The van der Waals surface area contributed by atoms with Crippen molar-refractivity contribution < 1.29 is 9.59 Å². The first-order chi connectivity index (χ1) is 13.5. The van der Waals surface area contributed by atoms with Gasteiger partial charge in [-0.15, -0.1) is 0 Å². The van der Waals surface area contributed by atoms with Gasteiger partial charge in [-0.1, -0.05) is 53.5 Å². The smallest absolute Gasteiger partial charge is 0.242 e. The number of nitrogens with one attached hydrogen (secondary N) is 1. The maximum absolute atomic E-state index is 13.2. The van der Waals surface area contributed by atoms with Gasteiger partial charge in [-0.3, -0.25) is 9.59 Å². The van der Waals surface area contributed by atoms with Gasteiger partial charge in [-0.05, 0) is 63.4 Å². The Morgan fingerprint density at radius 3 is 2.31 bits per heavy atom. The fourth-order valence-electron chi connectivity index (χ4n) is 2.95. The number of benzene rings is 2. The fourth-order valence-corrected chi connectivity index (χ4v) is 3.27. The zero-order valence-electron chi connectivity index (χ0n) is 17.6. The number of amides is 2. The van der Waals surface area contributed by atoms with Crippen LogP contribution in [0.2, 0.25) is 10.0 Å². The van der Waals surface area contributed by atoms with Crippen molar-refractivity contribution in [1.29, 1.82) is 0 Å². The largest absolute Gasteiger partial charge is 0.350 e. The molecule has 4 nitrogen and oxygen atoms in total. The van der Waals surface area contributed by atoms with E-state index in [1.165, 1.54) is 0 Å². The molecular formula is C23H28Cl2N2O2. The third-order valence-corrected chi connectivity index (χ3v) is 5.35. The van der Waals surface area contributed by atoms with Crippen molar-refractivity contribution in [2.45, 2.75) is 59.2 Å². The van der Waals surface area contributed by atoms with E-state index in [-0.39, 0.29) is 23.8 Å². The van der Waals surface area contributed by atoms with E-state index in [4.69, 9.17) is 23.2 Å². The van der Waals surface area contributed by atoms with E-state index < -0.39 is 6.04 Å². The second-order valence-electron chi connectivity index (χ2n) is 8.29. The topological polar surface area (TPSA) is 49.4 Å². The van der Waals surface area contributed by atoms with Gasteiger partial charge in [0.15, 0.2) is 0 Å². The van der Waals surface area contributed by atoms with Crippen molar-refractivity contribution >= 4 is 35.0 Å². The average molecular weight is 435 g/mol. The Morgan fingerprint density at radius 1 is 1.07 bits per heavy atom. The van der Waals surface area contributed by atoms with Crippen LogP contribution in [-0.2, 0) is 22.6 Å². The SMILES string of the molecule is Cc1ccccc1CN(C(=O)Cc1ccc(Cl)c(Cl)c1)C(C)C(=O)NC(C)(C)C. The van der Waals surface area contributed by atoms with E-state index >= 15 is 0 Å².